The number of rotatable bonds is 5. The Labute approximate surface area is 241 Å². The van der Waals surface area contributed by atoms with Gasteiger partial charge in [0.05, 0.1) is 12.2 Å². The van der Waals surface area contributed by atoms with Gasteiger partial charge in [0.1, 0.15) is 5.03 Å². The van der Waals surface area contributed by atoms with Crippen LogP contribution < -0.4 is 10.6 Å². The van der Waals surface area contributed by atoms with Gasteiger partial charge in [-0.2, -0.15) is 17.5 Å². The van der Waals surface area contributed by atoms with Gasteiger partial charge in [-0.05, 0) is 24.3 Å². The van der Waals surface area contributed by atoms with Crippen LogP contribution in [0, 0.1) is 0 Å². The minimum Gasteiger partial charge on any atom is -0.421 e. The molecule has 3 aromatic rings. The van der Waals surface area contributed by atoms with Crippen molar-refractivity contribution in [2.75, 3.05) is 33.2 Å². The van der Waals surface area contributed by atoms with E-state index in [-0.39, 0.29) is 5.03 Å². The lowest BCUT2D eigenvalue weighted by Gasteiger charge is -2.46. The Balaban J connectivity index is 1.57. The van der Waals surface area contributed by atoms with E-state index in [9.17, 15) is 36.0 Å². The summed E-state index contributed by atoms with van der Waals surface area (Å²) in [5.74, 6) is -5.78. The Hall–Kier alpha value is -3.80. The maximum absolute atomic E-state index is 13.7. The summed E-state index contributed by atoms with van der Waals surface area (Å²) >= 11 is 5.99. The van der Waals surface area contributed by atoms with Gasteiger partial charge in [0, 0.05) is 67.3 Å². The quantitative estimate of drug-likeness (QED) is 0.348. The number of esters is 1. The van der Waals surface area contributed by atoms with Crippen molar-refractivity contribution in [2.45, 2.75) is 29.9 Å². The zero-order valence-electron chi connectivity index (χ0n) is 21.8. The van der Waals surface area contributed by atoms with Gasteiger partial charge in [-0.15, -0.1) is 0 Å². The predicted molar refractivity (Wildman–Crippen MR) is 139 cm³/mol. The summed E-state index contributed by atoms with van der Waals surface area (Å²) in [7, 11) is -3.51. The van der Waals surface area contributed by atoms with E-state index in [1.807, 2.05) is 0 Å². The van der Waals surface area contributed by atoms with Gasteiger partial charge in [0.2, 0.25) is 5.82 Å². The molecule has 4 heterocycles. The first kappa shape index (κ1) is 29.7. The highest BCUT2D eigenvalue weighted by Crippen LogP contribution is 2.33. The summed E-state index contributed by atoms with van der Waals surface area (Å²) in [4.78, 5) is 50.6. The van der Waals surface area contributed by atoms with Crippen molar-refractivity contribution in [3.63, 3.8) is 0 Å². The third kappa shape index (κ3) is 5.28. The molecule has 1 saturated heterocycles. The second-order valence-corrected chi connectivity index (χ2v) is 11.8. The first-order valence-electron chi connectivity index (χ1n) is 12.4. The molecule has 2 aromatic heterocycles. The van der Waals surface area contributed by atoms with Crippen molar-refractivity contribution in [1.82, 2.24) is 34.8 Å². The first-order chi connectivity index (χ1) is 19.8. The summed E-state index contributed by atoms with van der Waals surface area (Å²) in [6, 6.07) is 5.81. The van der Waals surface area contributed by atoms with E-state index in [1.54, 1.807) is 0 Å². The molecular formula is C24H23ClF3N7O6S. The number of likely N-dealkylation sites (N-methyl/N-ethyl adjacent to an activating group) is 1. The molecule has 1 unspecified atom stereocenters. The monoisotopic (exact) mass is 629 g/mol. The lowest BCUT2D eigenvalue weighted by Crippen LogP contribution is -2.72. The number of carbonyl (C=O) groups excluding carboxylic acids is 3. The molecule has 0 aliphatic carbocycles. The van der Waals surface area contributed by atoms with Gasteiger partial charge in [0.15, 0.2) is 0 Å². The molecule has 0 saturated carbocycles. The van der Waals surface area contributed by atoms with Crippen LogP contribution in [0.25, 0.3) is 10.9 Å². The lowest BCUT2D eigenvalue weighted by molar-refractivity contribution is -0.230. The summed E-state index contributed by atoms with van der Waals surface area (Å²) in [6.45, 7) is -1.29. The highest BCUT2D eigenvalue weighted by atomic mass is 35.5. The first-order valence-corrected chi connectivity index (χ1v) is 14.3. The van der Waals surface area contributed by atoms with Crippen molar-refractivity contribution in [3.05, 3.63) is 52.6 Å². The lowest BCUT2D eigenvalue weighted by atomic mass is 10.1. The van der Waals surface area contributed by atoms with E-state index >= 15 is 0 Å². The molecule has 5 rings (SSSR count). The van der Waals surface area contributed by atoms with Crippen LogP contribution in [-0.4, -0.2) is 95.5 Å². The van der Waals surface area contributed by atoms with Gasteiger partial charge in [0.25, 0.3) is 27.6 Å². The van der Waals surface area contributed by atoms with E-state index in [0.717, 1.165) is 7.05 Å². The fourth-order valence-electron chi connectivity index (χ4n) is 4.82. The van der Waals surface area contributed by atoms with E-state index in [1.165, 1.54) is 30.5 Å². The van der Waals surface area contributed by atoms with Gasteiger partial charge in [-0.25, -0.2) is 23.2 Å². The molecule has 224 valence electrons. The number of piperazine rings is 1. The average Bonchev–Trinajstić information content (AvgIpc) is 3.39. The van der Waals surface area contributed by atoms with Crippen LogP contribution in [0.1, 0.15) is 21.9 Å². The van der Waals surface area contributed by atoms with E-state index in [2.05, 4.69) is 25.6 Å². The van der Waals surface area contributed by atoms with Crippen LogP contribution in [0.5, 0.6) is 0 Å². The third-order valence-electron chi connectivity index (χ3n) is 6.90. The zero-order valence-corrected chi connectivity index (χ0v) is 23.4. The van der Waals surface area contributed by atoms with Crippen molar-refractivity contribution < 1.29 is 40.7 Å². The van der Waals surface area contributed by atoms with Crippen LogP contribution >= 0.6 is 11.6 Å². The number of ether oxygens (including phenoxy) is 1. The predicted octanol–water partition coefficient (Wildman–Crippen LogP) is 0.951. The fourth-order valence-corrected chi connectivity index (χ4v) is 6.46. The SMILES string of the molecule is CNC(=O)C1(OC(=O)C(F)(F)F)CN(S(=O)(=O)c2cc3cc(Cl)ccc3[nH]2)CCN1C(=O)c1ncc2c(n1)CCNC2. The Morgan fingerprint density at radius 2 is 1.95 bits per heavy atom. The van der Waals surface area contributed by atoms with Crippen LogP contribution in [0.3, 0.4) is 0 Å². The second kappa shape index (κ2) is 10.8. The highest BCUT2D eigenvalue weighted by Gasteiger charge is 2.59. The van der Waals surface area contributed by atoms with E-state index in [4.69, 9.17) is 16.3 Å². The number of sulfonamides is 1. The molecule has 2 aliphatic rings. The molecule has 18 heteroatoms. The second-order valence-electron chi connectivity index (χ2n) is 9.50. The smallest absolute Gasteiger partial charge is 0.421 e. The van der Waals surface area contributed by atoms with Crippen LogP contribution in [0.15, 0.2) is 35.5 Å². The highest BCUT2D eigenvalue weighted by molar-refractivity contribution is 7.89. The summed E-state index contributed by atoms with van der Waals surface area (Å²) in [6.07, 6.45) is -3.78. The molecule has 0 bridgehead atoms. The summed E-state index contributed by atoms with van der Waals surface area (Å²) < 4.78 is 73.0. The molecule has 2 aliphatic heterocycles. The number of benzene rings is 1. The molecule has 1 aromatic carbocycles. The maximum Gasteiger partial charge on any atom is 0.491 e. The molecule has 13 nitrogen and oxygen atoms in total. The Kier molecular flexibility index (Phi) is 7.63. The minimum absolute atomic E-state index is 0.330. The summed E-state index contributed by atoms with van der Waals surface area (Å²) in [5.41, 5.74) is -1.45. The topological polar surface area (TPSA) is 167 Å². The van der Waals surface area contributed by atoms with Gasteiger partial charge < -0.3 is 20.4 Å². The number of amides is 2. The number of fused-ring (bicyclic) bond motifs is 2. The normalized spacial score (nSPS) is 19.8. The number of nitrogens with zero attached hydrogens (tertiary/aromatic N) is 4. The number of hydrogen-bond acceptors (Lipinski definition) is 9. The molecule has 1 fully saturated rings. The number of nitrogens with one attached hydrogen (secondary N) is 3. The Morgan fingerprint density at radius 1 is 1.19 bits per heavy atom. The average molecular weight is 630 g/mol. The molecular weight excluding hydrogens is 607 g/mol. The van der Waals surface area contributed by atoms with Gasteiger partial charge >= 0.3 is 12.1 Å². The van der Waals surface area contributed by atoms with Crippen molar-refractivity contribution in [1.29, 1.82) is 0 Å². The largest absolute Gasteiger partial charge is 0.491 e. The zero-order chi connectivity index (χ0) is 30.4. The molecule has 0 radical (unpaired) electrons. The molecule has 42 heavy (non-hydrogen) atoms. The maximum atomic E-state index is 13.7. The fraction of sp³-hybridized carbons (Fsp3) is 0.375. The Bertz CT molecular complexity index is 1700. The number of carbonyl (C=O) groups is 3. The standard InChI is InChI=1S/C24H23ClF3N7O6S/c1-29-21(37)23(41-22(38)24(26,27)28)12-34(42(39,40)18-9-13-8-15(25)2-3-16(13)32-18)6-7-35(23)20(36)19-31-11-14-10-30-5-4-17(14)33-19/h2-3,8-9,11,30,32H,4-7,10,12H2,1H3,(H,29,37). The Morgan fingerprint density at radius 3 is 2.67 bits per heavy atom. The number of hydrogen-bond donors (Lipinski definition) is 3. The third-order valence-corrected chi connectivity index (χ3v) is 8.90. The van der Waals surface area contributed by atoms with Crippen molar-refractivity contribution in [2.24, 2.45) is 0 Å². The number of aromatic amines is 1. The number of halogens is 4. The number of aromatic nitrogens is 3. The van der Waals surface area contributed by atoms with E-state index < -0.39 is 65.2 Å². The molecule has 1 atom stereocenters. The number of alkyl halides is 3. The van der Waals surface area contributed by atoms with Crippen LogP contribution in [0.2, 0.25) is 5.02 Å². The van der Waals surface area contributed by atoms with Crippen molar-refractivity contribution in [3.8, 4) is 0 Å². The molecule has 0 spiro atoms. The molecule has 3 N–H and O–H groups in total. The van der Waals surface area contributed by atoms with Crippen LogP contribution in [-0.2, 0) is 37.3 Å². The van der Waals surface area contributed by atoms with Crippen molar-refractivity contribution >= 4 is 50.3 Å². The van der Waals surface area contributed by atoms with Gasteiger partial charge in [-0.1, -0.05) is 11.6 Å². The van der Waals surface area contributed by atoms with Gasteiger partial charge in [-0.3, -0.25) is 14.5 Å². The number of H-pyrrole nitrogens is 1. The minimum atomic E-state index is -5.58. The van der Waals surface area contributed by atoms with E-state index in [0.29, 0.717) is 55.9 Å². The summed E-state index contributed by atoms with van der Waals surface area (Å²) in [5, 5.41) is 5.59. The van der Waals surface area contributed by atoms with Crippen LogP contribution in [0.4, 0.5) is 13.2 Å². The molecule has 2 amide bonds.